The molecule has 3 fully saturated rings. The summed E-state index contributed by atoms with van der Waals surface area (Å²) in [5, 5.41) is -0.685. The van der Waals surface area contributed by atoms with Gasteiger partial charge >= 0.3 is 0 Å². The molecule has 0 aliphatic carbocycles. The average Bonchev–Trinajstić information content (AvgIpc) is 3.13. The van der Waals surface area contributed by atoms with Crippen molar-refractivity contribution in [3.05, 3.63) is 46.1 Å². The number of benzene rings is 1. The number of nitrogens with one attached hydrogen (secondary N) is 1. The van der Waals surface area contributed by atoms with E-state index in [-0.39, 0.29) is 32.9 Å². The molecule has 2 aromatic rings. The van der Waals surface area contributed by atoms with Crippen molar-refractivity contribution < 1.29 is 21.9 Å². The van der Waals surface area contributed by atoms with E-state index >= 15 is 4.39 Å². The lowest BCUT2D eigenvalue weighted by atomic mass is 9.80. The number of hydrogen-bond donors (Lipinski definition) is 1. The highest BCUT2D eigenvalue weighted by molar-refractivity contribution is 7.92. The van der Waals surface area contributed by atoms with E-state index in [0.29, 0.717) is 25.4 Å². The summed E-state index contributed by atoms with van der Waals surface area (Å²) in [5.74, 6) is -2.37. The first-order valence-corrected chi connectivity index (χ1v) is 14.1. The van der Waals surface area contributed by atoms with Gasteiger partial charge in [-0.3, -0.25) is 9.62 Å². The predicted molar refractivity (Wildman–Crippen MR) is 135 cm³/mol. The van der Waals surface area contributed by atoms with Crippen LogP contribution in [0.25, 0.3) is 0 Å². The zero-order valence-corrected chi connectivity index (χ0v) is 22.4. The molecule has 0 amide bonds. The van der Waals surface area contributed by atoms with Gasteiger partial charge in [0.25, 0.3) is 10.0 Å². The molecule has 1 aromatic heterocycles. The van der Waals surface area contributed by atoms with Crippen LogP contribution in [-0.4, -0.2) is 62.7 Å². The van der Waals surface area contributed by atoms with Crippen molar-refractivity contribution >= 4 is 44.7 Å². The molecule has 1 N–H and O–H groups in total. The van der Waals surface area contributed by atoms with Crippen molar-refractivity contribution in [2.45, 2.75) is 49.6 Å². The van der Waals surface area contributed by atoms with Gasteiger partial charge in [-0.1, -0.05) is 43.1 Å². The summed E-state index contributed by atoms with van der Waals surface area (Å²) in [4.78, 5) is 7.01. The Kier molecular flexibility index (Phi) is 6.65. The second-order valence-electron chi connectivity index (χ2n) is 10.6. The van der Waals surface area contributed by atoms with Gasteiger partial charge in [-0.05, 0) is 49.4 Å². The number of anilines is 2. The average molecular weight is 561 g/mol. The quantitative estimate of drug-likeness (QED) is 0.412. The summed E-state index contributed by atoms with van der Waals surface area (Å²) >= 11 is 12.6. The van der Waals surface area contributed by atoms with Gasteiger partial charge in [-0.2, -0.15) is 4.39 Å². The van der Waals surface area contributed by atoms with Gasteiger partial charge in [0.05, 0.1) is 23.8 Å². The molecule has 0 saturated carbocycles. The summed E-state index contributed by atoms with van der Waals surface area (Å²) in [5.41, 5.74) is 0.181. The Morgan fingerprint density at radius 2 is 1.94 bits per heavy atom. The van der Waals surface area contributed by atoms with E-state index in [1.54, 1.807) is 0 Å². The number of ether oxygens (including phenoxy) is 1. The van der Waals surface area contributed by atoms with Crippen LogP contribution >= 0.6 is 23.2 Å². The molecule has 0 unspecified atom stereocenters. The molecule has 36 heavy (non-hydrogen) atoms. The lowest BCUT2D eigenvalue weighted by molar-refractivity contribution is -0.144. The number of halogens is 4. The molecule has 1 atom stereocenters. The van der Waals surface area contributed by atoms with Crippen LogP contribution < -0.4 is 9.62 Å². The summed E-state index contributed by atoms with van der Waals surface area (Å²) in [7, 11) is -4.52. The maximum absolute atomic E-state index is 15.4. The normalized spacial score (nSPS) is 23.6. The van der Waals surface area contributed by atoms with Crippen LogP contribution in [0.1, 0.15) is 33.1 Å². The molecule has 7 nitrogen and oxygen atoms in total. The van der Waals surface area contributed by atoms with Crippen LogP contribution in [0.5, 0.6) is 0 Å². The fourth-order valence-electron chi connectivity index (χ4n) is 5.62. The van der Waals surface area contributed by atoms with E-state index in [4.69, 9.17) is 27.9 Å². The fourth-order valence-corrected chi connectivity index (χ4v) is 7.58. The van der Waals surface area contributed by atoms with E-state index in [9.17, 15) is 12.8 Å². The van der Waals surface area contributed by atoms with Gasteiger partial charge in [0, 0.05) is 19.2 Å². The standard InChI is InChI=1S/C24H28Cl2F2N4O3S/c1-23(2)8-9-31(12-23)17-5-4-10-35-24(17)13-32(14-24)16-11-15(25)22(21(28)20(16)26)36(33,34)30-19-7-3-6-18(27)29-19/h3,6-7,11,17H,4-5,8-10,12-14H2,1-2H3,(H,29,30)/t17-/m0/s1. The minimum absolute atomic E-state index is 0.256. The largest absolute Gasteiger partial charge is 0.370 e. The zero-order chi connectivity index (χ0) is 25.9. The van der Waals surface area contributed by atoms with Gasteiger partial charge in [0.1, 0.15) is 21.3 Å². The van der Waals surface area contributed by atoms with Crippen LogP contribution in [0.15, 0.2) is 29.2 Å². The molecule has 0 radical (unpaired) electrons. The van der Waals surface area contributed by atoms with Crippen molar-refractivity contribution in [3.63, 3.8) is 0 Å². The third kappa shape index (κ3) is 4.67. The maximum atomic E-state index is 15.4. The third-order valence-electron chi connectivity index (χ3n) is 7.34. The smallest absolute Gasteiger partial charge is 0.267 e. The first kappa shape index (κ1) is 25.9. The number of rotatable bonds is 5. The highest BCUT2D eigenvalue weighted by Gasteiger charge is 2.55. The minimum atomic E-state index is -4.52. The van der Waals surface area contributed by atoms with Crippen LogP contribution in [0.3, 0.4) is 0 Å². The third-order valence-corrected chi connectivity index (χ3v) is 9.53. The SMILES string of the molecule is CC1(C)CCN([C@H]2CCCOC23CN(c2cc(Cl)c(S(=O)(=O)Nc4cccc(F)n4)c(F)c2Cl)C3)C1. The summed E-state index contributed by atoms with van der Waals surface area (Å²) in [6, 6.07) is 5.18. The number of hydrogen-bond acceptors (Lipinski definition) is 6. The van der Waals surface area contributed by atoms with Gasteiger partial charge < -0.3 is 9.64 Å². The molecular weight excluding hydrogens is 533 g/mol. The van der Waals surface area contributed by atoms with Gasteiger partial charge in [-0.15, -0.1) is 0 Å². The van der Waals surface area contributed by atoms with Crippen molar-refractivity contribution in [2.75, 3.05) is 42.4 Å². The predicted octanol–water partition coefficient (Wildman–Crippen LogP) is 4.94. The minimum Gasteiger partial charge on any atom is -0.370 e. The van der Waals surface area contributed by atoms with E-state index in [1.165, 1.54) is 18.2 Å². The maximum Gasteiger partial charge on any atom is 0.267 e. The van der Waals surface area contributed by atoms with Crippen molar-refractivity contribution in [2.24, 2.45) is 5.41 Å². The lowest BCUT2D eigenvalue weighted by Crippen LogP contribution is -2.73. The molecule has 196 valence electrons. The van der Waals surface area contributed by atoms with Crippen LogP contribution in [0.4, 0.5) is 20.3 Å². The zero-order valence-electron chi connectivity index (χ0n) is 20.0. The lowest BCUT2D eigenvalue weighted by Gasteiger charge is -2.58. The van der Waals surface area contributed by atoms with Crippen molar-refractivity contribution in [3.8, 4) is 0 Å². The Labute approximate surface area is 219 Å². The Morgan fingerprint density at radius 1 is 1.19 bits per heavy atom. The molecular formula is C24H28Cl2F2N4O3S. The van der Waals surface area contributed by atoms with Gasteiger partial charge in [0.15, 0.2) is 5.82 Å². The summed E-state index contributed by atoms with van der Waals surface area (Å²) in [6.45, 7) is 8.24. The Balaban J connectivity index is 1.38. The van der Waals surface area contributed by atoms with Crippen molar-refractivity contribution in [1.82, 2.24) is 9.88 Å². The fraction of sp³-hybridized carbons (Fsp3) is 0.542. The molecule has 5 rings (SSSR count). The van der Waals surface area contributed by atoms with Gasteiger partial charge in [0.2, 0.25) is 5.95 Å². The van der Waals surface area contributed by atoms with Gasteiger partial charge in [-0.25, -0.2) is 17.8 Å². The first-order chi connectivity index (χ1) is 16.9. The van der Waals surface area contributed by atoms with E-state index < -0.39 is 26.7 Å². The molecule has 3 aliphatic rings. The highest BCUT2D eigenvalue weighted by atomic mass is 35.5. The van der Waals surface area contributed by atoms with Crippen molar-refractivity contribution in [1.29, 1.82) is 0 Å². The first-order valence-electron chi connectivity index (χ1n) is 11.9. The molecule has 12 heteroatoms. The molecule has 1 spiro atoms. The molecule has 3 saturated heterocycles. The van der Waals surface area contributed by atoms with E-state index in [0.717, 1.165) is 38.4 Å². The highest BCUT2D eigenvalue weighted by Crippen LogP contribution is 2.46. The monoisotopic (exact) mass is 560 g/mol. The number of likely N-dealkylation sites (tertiary alicyclic amines) is 1. The Bertz CT molecular complexity index is 1290. The Hall–Kier alpha value is -1.72. The number of sulfonamides is 1. The number of nitrogens with zero attached hydrogens (tertiary/aromatic N) is 3. The van der Waals surface area contributed by atoms with Crippen LogP contribution in [0.2, 0.25) is 10.0 Å². The van der Waals surface area contributed by atoms with Crippen LogP contribution in [-0.2, 0) is 14.8 Å². The summed E-state index contributed by atoms with van der Waals surface area (Å²) in [6.07, 6.45) is 3.15. The van der Waals surface area contributed by atoms with E-state index in [2.05, 4.69) is 28.5 Å². The topological polar surface area (TPSA) is 74.8 Å². The summed E-state index contributed by atoms with van der Waals surface area (Å²) < 4.78 is 62.8. The van der Waals surface area contributed by atoms with E-state index in [1.807, 2.05) is 4.90 Å². The number of aromatic nitrogens is 1. The molecule has 3 aliphatic heterocycles. The molecule has 0 bridgehead atoms. The molecule has 4 heterocycles. The van der Waals surface area contributed by atoms with Crippen LogP contribution in [0, 0.1) is 17.2 Å². The number of pyridine rings is 1. The second kappa shape index (κ2) is 9.23. The second-order valence-corrected chi connectivity index (χ2v) is 13.0. The Morgan fingerprint density at radius 3 is 2.61 bits per heavy atom. The molecule has 1 aromatic carbocycles.